The largest absolute Gasteiger partial charge is 0.496 e. The summed E-state index contributed by atoms with van der Waals surface area (Å²) >= 11 is 0. The Labute approximate surface area is 163 Å². The fourth-order valence-corrected chi connectivity index (χ4v) is 3.56. The van der Waals surface area contributed by atoms with E-state index in [9.17, 15) is 19.7 Å². The zero-order valence-corrected chi connectivity index (χ0v) is 16.5. The molecule has 1 fully saturated rings. The Morgan fingerprint density at radius 2 is 1.93 bits per heavy atom. The van der Waals surface area contributed by atoms with Crippen LogP contribution < -0.4 is 9.47 Å². The number of hydrogen-bond acceptors (Lipinski definition) is 7. The Bertz CT molecular complexity index is 713. The van der Waals surface area contributed by atoms with Gasteiger partial charge in [-0.05, 0) is 24.5 Å². The van der Waals surface area contributed by atoms with E-state index in [0.717, 1.165) is 4.90 Å². The summed E-state index contributed by atoms with van der Waals surface area (Å²) in [5.41, 5.74) is 0.529. The van der Waals surface area contributed by atoms with Crippen molar-refractivity contribution in [1.29, 1.82) is 0 Å². The molecule has 154 valence electrons. The first-order valence-electron chi connectivity index (χ1n) is 9.09. The first kappa shape index (κ1) is 21.5. The smallest absolute Gasteiger partial charge is 0.417 e. The Kier molecular flexibility index (Phi) is 7.19. The standard InChI is InChI=1S/C19H26N2O7/c1-12(2)8-13(10-20(24)25)9-17(22)21-14(11-28-19(21)23)18-15(26-3)6-5-7-16(18)27-4/h5-7,12-14H,8-11H2,1-4H3/t13?,14-/m0/s1. The normalized spacial score (nSPS) is 17.4. The number of hydrogen-bond donors (Lipinski definition) is 0. The van der Waals surface area contributed by atoms with Gasteiger partial charge in [0.2, 0.25) is 12.5 Å². The maximum atomic E-state index is 12.9. The van der Waals surface area contributed by atoms with E-state index in [1.54, 1.807) is 18.2 Å². The summed E-state index contributed by atoms with van der Waals surface area (Å²) in [6.07, 6.45) is -0.368. The fourth-order valence-electron chi connectivity index (χ4n) is 3.56. The molecule has 2 atom stereocenters. The molecule has 1 aliphatic heterocycles. The van der Waals surface area contributed by atoms with E-state index in [-0.39, 0.29) is 25.5 Å². The van der Waals surface area contributed by atoms with Crippen molar-refractivity contribution in [3.8, 4) is 11.5 Å². The van der Waals surface area contributed by atoms with E-state index in [4.69, 9.17) is 14.2 Å². The molecule has 1 heterocycles. The molecule has 0 radical (unpaired) electrons. The number of benzene rings is 1. The van der Waals surface area contributed by atoms with Crippen LogP contribution in [0.3, 0.4) is 0 Å². The Hall–Kier alpha value is -2.84. The lowest BCUT2D eigenvalue weighted by molar-refractivity contribution is -0.488. The first-order chi connectivity index (χ1) is 13.3. The molecule has 0 aliphatic carbocycles. The number of imide groups is 1. The number of nitro groups is 1. The van der Waals surface area contributed by atoms with Crippen LogP contribution in [-0.2, 0) is 9.53 Å². The highest BCUT2D eigenvalue weighted by molar-refractivity contribution is 5.94. The van der Waals surface area contributed by atoms with Crippen LogP contribution in [0.5, 0.6) is 11.5 Å². The lowest BCUT2D eigenvalue weighted by Crippen LogP contribution is -2.36. The Morgan fingerprint density at radius 1 is 1.32 bits per heavy atom. The predicted molar refractivity (Wildman–Crippen MR) is 99.9 cm³/mol. The highest BCUT2D eigenvalue weighted by Crippen LogP contribution is 2.40. The molecule has 28 heavy (non-hydrogen) atoms. The minimum atomic E-state index is -0.771. The number of amides is 2. The SMILES string of the molecule is COc1cccc(OC)c1[C@@H]1COC(=O)N1C(=O)CC(CC(C)C)C[N+](=O)[O-]. The molecule has 0 saturated carbocycles. The third-order valence-corrected chi connectivity index (χ3v) is 4.62. The van der Waals surface area contributed by atoms with Crippen LogP contribution in [0.15, 0.2) is 18.2 Å². The maximum Gasteiger partial charge on any atom is 0.417 e. The number of rotatable bonds is 9. The predicted octanol–water partition coefficient (Wildman–Crippen LogP) is 3.05. The highest BCUT2D eigenvalue weighted by Gasteiger charge is 2.42. The minimum absolute atomic E-state index is 0.0363. The average Bonchev–Trinajstić information content (AvgIpc) is 3.00. The van der Waals surface area contributed by atoms with Crippen molar-refractivity contribution >= 4 is 12.0 Å². The zero-order chi connectivity index (χ0) is 20.8. The lowest BCUT2D eigenvalue weighted by Gasteiger charge is -2.24. The van der Waals surface area contributed by atoms with E-state index < -0.39 is 28.9 Å². The van der Waals surface area contributed by atoms with Gasteiger partial charge in [-0.2, -0.15) is 0 Å². The van der Waals surface area contributed by atoms with Gasteiger partial charge in [0.15, 0.2) is 0 Å². The van der Waals surface area contributed by atoms with E-state index in [1.165, 1.54) is 14.2 Å². The van der Waals surface area contributed by atoms with Crippen molar-refractivity contribution in [3.05, 3.63) is 33.9 Å². The Morgan fingerprint density at radius 3 is 2.43 bits per heavy atom. The molecule has 0 aromatic heterocycles. The molecule has 0 N–H and O–H groups in total. The van der Waals surface area contributed by atoms with Gasteiger partial charge in [-0.25, -0.2) is 9.69 Å². The zero-order valence-electron chi connectivity index (χ0n) is 16.5. The van der Waals surface area contributed by atoms with E-state index in [0.29, 0.717) is 23.5 Å². The first-order valence-corrected chi connectivity index (χ1v) is 9.09. The quantitative estimate of drug-likeness (QED) is 0.468. The van der Waals surface area contributed by atoms with Crippen LogP contribution in [0.4, 0.5) is 4.79 Å². The van der Waals surface area contributed by atoms with Crippen molar-refractivity contribution in [2.45, 2.75) is 32.7 Å². The van der Waals surface area contributed by atoms with Gasteiger partial charge >= 0.3 is 6.09 Å². The van der Waals surface area contributed by atoms with E-state index >= 15 is 0 Å². The summed E-state index contributed by atoms with van der Waals surface area (Å²) in [5, 5.41) is 11.0. The second-order valence-electron chi connectivity index (χ2n) is 7.15. The molecule has 0 spiro atoms. The van der Waals surface area contributed by atoms with Gasteiger partial charge in [0, 0.05) is 17.3 Å². The van der Waals surface area contributed by atoms with Gasteiger partial charge in [0.05, 0.1) is 19.8 Å². The van der Waals surface area contributed by atoms with Crippen molar-refractivity contribution in [2.75, 3.05) is 27.4 Å². The molecule has 1 aromatic carbocycles. The van der Waals surface area contributed by atoms with Crippen LogP contribution in [-0.4, -0.2) is 49.2 Å². The van der Waals surface area contributed by atoms with Gasteiger partial charge in [0.25, 0.3) is 0 Å². The van der Waals surface area contributed by atoms with E-state index in [2.05, 4.69) is 0 Å². The highest BCUT2D eigenvalue weighted by atomic mass is 16.6. The van der Waals surface area contributed by atoms with Crippen molar-refractivity contribution in [1.82, 2.24) is 4.90 Å². The summed E-state index contributed by atoms with van der Waals surface area (Å²) in [4.78, 5) is 36.8. The molecular weight excluding hydrogens is 368 g/mol. The van der Waals surface area contributed by atoms with Gasteiger partial charge in [-0.15, -0.1) is 0 Å². The summed E-state index contributed by atoms with van der Waals surface area (Å²) < 4.78 is 15.9. The van der Waals surface area contributed by atoms with Gasteiger partial charge in [-0.3, -0.25) is 14.9 Å². The molecule has 1 saturated heterocycles. The number of methoxy groups -OCH3 is 2. The molecule has 2 rings (SSSR count). The molecule has 9 nitrogen and oxygen atoms in total. The molecule has 0 bridgehead atoms. The average molecular weight is 394 g/mol. The van der Waals surface area contributed by atoms with Gasteiger partial charge in [-0.1, -0.05) is 19.9 Å². The number of carbonyl (C=O) groups excluding carboxylic acids is 2. The number of ether oxygens (including phenoxy) is 3. The van der Waals surface area contributed by atoms with Crippen molar-refractivity contribution < 1.29 is 28.7 Å². The van der Waals surface area contributed by atoms with Crippen molar-refractivity contribution in [3.63, 3.8) is 0 Å². The molecular formula is C19H26N2O7. The van der Waals surface area contributed by atoms with Crippen molar-refractivity contribution in [2.24, 2.45) is 11.8 Å². The monoisotopic (exact) mass is 394 g/mol. The second-order valence-corrected chi connectivity index (χ2v) is 7.15. The topological polar surface area (TPSA) is 108 Å². The minimum Gasteiger partial charge on any atom is -0.496 e. The van der Waals surface area contributed by atoms with Gasteiger partial charge < -0.3 is 14.2 Å². The van der Waals surface area contributed by atoms with E-state index in [1.807, 2.05) is 13.8 Å². The molecule has 2 amide bonds. The molecule has 1 aromatic rings. The lowest BCUT2D eigenvalue weighted by atomic mass is 9.93. The summed E-state index contributed by atoms with van der Waals surface area (Å²) in [6, 6.07) is 4.43. The summed E-state index contributed by atoms with van der Waals surface area (Å²) in [6.45, 7) is 3.51. The summed E-state index contributed by atoms with van der Waals surface area (Å²) in [5.74, 6) is 0.145. The van der Waals surface area contributed by atoms with Crippen LogP contribution in [0.2, 0.25) is 0 Å². The van der Waals surface area contributed by atoms with Crippen LogP contribution >= 0.6 is 0 Å². The third-order valence-electron chi connectivity index (χ3n) is 4.62. The molecule has 1 unspecified atom stereocenters. The number of carbonyl (C=O) groups is 2. The molecule has 1 aliphatic rings. The second kappa shape index (κ2) is 9.38. The third kappa shape index (κ3) is 4.90. The Balaban J connectivity index is 2.31. The maximum absolute atomic E-state index is 12.9. The van der Waals surface area contributed by atoms with Crippen LogP contribution in [0, 0.1) is 22.0 Å². The number of cyclic esters (lactones) is 1. The summed E-state index contributed by atoms with van der Waals surface area (Å²) in [7, 11) is 2.97. The number of nitrogens with zero attached hydrogens (tertiary/aromatic N) is 2. The van der Waals surface area contributed by atoms with Crippen LogP contribution in [0.25, 0.3) is 0 Å². The van der Waals surface area contributed by atoms with Crippen LogP contribution in [0.1, 0.15) is 38.3 Å². The van der Waals surface area contributed by atoms with Gasteiger partial charge in [0.1, 0.15) is 24.1 Å². The fraction of sp³-hybridized carbons (Fsp3) is 0.579. The molecule has 9 heteroatoms.